The third-order valence-electron chi connectivity index (χ3n) is 1.77. The molecule has 0 fully saturated rings. The fourth-order valence-electron chi connectivity index (χ4n) is 1.20. The lowest BCUT2D eigenvalue weighted by atomic mass is 10.1. The Hall–Kier alpha value is -1.29. The number of aromatic nitrogens is 1. The minimum Gasteiger partial charge on any atom is -0.480 e. The molecule has 1 rings (SSSR count). The summed E-state index contributed by atoms with van der Waals surface area (Å²) in [6, 6.07) is 0.927. The van der Waals surface area contributed by atoms with Gasteiger partial charge in [0.05, 0.1) is 0 Å². The van der Waals surface area contributed by atoms with Crippen molar-refractivity contribution in [1.29, 1.82) is 0 Å². The molecule has 1 unspecified atom stereocenters. The second-order valence-corrected chi connectivity index (χ2v) is 2.86. The molecule has 0 saturated heterocycles. The molecule has 4 nitrogen and oxygen atoms in total. The van der Waals surface area contributed by atoms with Crippen molar-refractivity contribution in [2.24, 2.45) is 5.73 Å². The van der Waals surface area contributed by atoms with Crippen molar-refractivity contribution < 1.29 is 9.90 Å². The molecule has 1 atom stereocenters. The molecule has 0 aliphatic carbocycles. The Morgan fingerprint density at radius 1 is 1.67 bits per heavy atom. The third-order valence-corrected chi connectivity index (χ3v) is 1.77. The lowest BCUT2D eigenvalue weighted by molar-refractivity contribution is -0.138. The number of carbonyl (C=O) groups is 1. The number of H-pyrrole nitrogens is 1. The van der Waals surface area contributed by atoms with Crippen LogP contribution in [-0.4, -0.2) is 16.1 Å². The molecule has 66 valence electrons. The summed E-state index contributed by atoms with van der Waals surface area (Å²) in [5.41, 5.74) is 7.83. The van der Waals surface area contributed by atoms with E-state index in [1.165, 1.54) is 0 Å². The number of aliphatic carboxylic acids is 1. The van der Waals surface area contributed by atoms with E-state index in [-0.39, 0.29) is 0 Å². The van der Waals surface area contributed by atoms with Gasteiger partial charge < -0.3 is 15.8 Å². The maximum absolute atomic E-state index is 10.5. The zero-order valence-corrected chi connectivity index (χ0v) is 7.09. The summed E-state index contributed by atoms with van der Waals surface area (Å²) in [6.45, 7) is 3.70. The molecule has 4 heteroatoms. The predicted molar refractivity (Wildman–Crippen MR) is 44.8 cm³/mol. The maximum Gasteiger partial charge on any atom is 0.326 e. The van der Waals surface area contributed by atoms with Gasteiger partial charge in [-0.25, -0.2) is 0 Å². The molecule has 1 heterocycles. The summed E-state index contributed by atoms with van der Waals surface area (Å²) in [5, 5.41) is 8.62. The first-order valence-electron chi connectivity index (χ1n) is 3.67. The van der Waals surface area contributed by atoms with Crippen molar-refractivity contribution >= 4 is 5.97 Å². The molecular weight excluding hydrogens is 156 g/mol. The molecule has 0 bridgehead atoms. The largest absolute Gasteiger partial charge is 0.480 e. The molecule has 0 aliphatic rings. The second-order valence-electron chi connectivity index (χ2n) is 2.86. The Kier molecular flexibility index (Phi) is 2.19. The minimum atomic E-state index is -1.01. The van der Waals surface area contributed by atoms with Crippen molar-refractivity contribution in [2.75, 3.05) is 0 Å². The van der Waals surface area contributed by atoms with Crippen LogP contribution in [0.15, 0.2) is 6.07 Å². The van der Waals surface area contributed by atoms with Crippen molar-refractivity contribution in [1.82, 2.24) is 4.98 Å². The zero-order chi connectivity index (χ0) is 9.30. The van der Waals surface area contributed by atoms with Gasteiger partial charge in [-0.15, -0.1) is 0 Å². The number of nitrogens with two attached hydrogens (primary N) is 1. The van der Waals surface area contributed by atoms with E-state index in [1.54, 1.807) is 0 Å². The van der Waals surface area contributed by atoms with Crippen molar-refractivity contribution in [3.05, 3.63) is 23.0 Å². The molecule has 12 heavy (non-hydrogen) atoms. The number of nitrogens with one attached hydrogen (secondary N) is 1. The summed E-state index contributed by atoms with van der Waals surface area (Å²) in [6.07, 6.45) is 0. The Morgan fingerprint density at radius 3 is 2.58 bits per heavy atom. The smallest absolute Gasteiger partial charge is 0.326 e. The van der Waals surface area contributed by atoms with Gasteiger partial charge in [0.25, 0.3) is 0 Å². The highest BCUT2D eigenvalue weighted by Gasteiger charge is 2.17. The first-order chi connectivity index (χ1) is 5.52. The highest BCUT2D eigenvalue weighted by molar-refractivity contribution is 5.75. The highest BCUT2D eigenvalue weighted by Crippen LogP contribution is 2.15. The number of aromatic amines is 1. The van der Waals surface area contributed by atoms with Gasteiger partial charge in [-0.2, -0.15) is 0 Å². The van der Waals surface area contributed by atoms with E-state index in [0.717, 1.165) is 11.3 Å². The summed E-state index contributed by atoms with van der Waals surface area (Å²) in [7, 11) is 0. The number of hydrogen-bond donors (Lipinski definition) is 3. The number of aryl methyl sites for hydroxylation is 2. The van der Waals surface area contributed by atoms with Gasteiger partial charge in [0.15, 0.2) is 0 Å². The van der Waals surface area contributed by atoms with Crippen LogP contribution in [0.25, 0.3) is 0 Å². The van der Waals surface area contributed by atoms with E-state index in [9.17, 15) is 4.79 Å². The molecule has 0 aliphatic heterocycles. The first-order valence-corrected chi connectivity index (χ1v) is 3.67. The lowest BCUT2D eigenvalue weighted by Gasteiger charge is -2.04. The van der Waals surface area contributed by atoms with E-state index in [4.69, 9.17) is 10.8 Å². The quantitative estimate of drug-likeness (QED) is 0.608. The second kappa shape index (κ2) is 2.98. The van der Waals surface area contributed by atoms with Gasteiger partial charge in [0.1, 0.15) is 6.04 Å². The number of carboxylic acid groups (broad SMARTS) is 1. The van der Waals surface area contributed by atoms with Gasteiger partial charge in [-0.05, 0) is 25.5 Å². The first kappa shape index (κ1) is 8.80. The highest BCUT2D eigenvalue weighted by atomic mass is 16.4. The van der Waals surface area contributed by atoms with E-state index < -0.39 is 12.0 Å². The van der Waals surface area contributed by atoms with Crippen LogP contribution in [-0.2, 0) is 4.79 Å². The molecule has 1 aromatic heterocycles. The zero-order valence-electron chi connectivity index (χ0n) is 7.09. The Morgan fingerprint density at radius 2 is 2.25 bits per heavy atom. The van der Waals surface area contributed by atoms with Crippen LogP contribution in [0.2, 0.25) is 0 Å². The average molecular weight is 168 g/mol. The van der Waals surface area contributed by atoms with Gasteiger partial charge in [0.2, 0.25) is 0 Å². The van der Waals surface area contributed by atoms with Crippen LogP contribution in [0, 0.1) is 13.8 Å². The molecule has 4 N–H and O–H groups in total. The van der Waals surface area contributed by atoms with Crippen LogP contribution in [0.1, 0.15) is 23.0 Å². The molecular formula is C8H12N2O2. The van der Waals surface area contributed by atoms with Crippen LogP contribution in [0.5, 0.6) is 0 Å². The topological polar surface area (TPSA) is 79.1 Å². The third kappa shape index (κ3) is 1.48. The molecule has 0 saturated carbocycles. The maximum atomic E-state index is 10.5. The number of carboxylic acids is 1. The summed E-state index contributed by atoms with van der Waals surface area (Å²) in [4.78, 5) is 13.4. The summed E-state index contributed by atoms with van der Waals surface area (Å²) < 4.78 is 0. The van der Waals surface area contributed by atoms with Crippen LogP contribution in [0.3, 0.4) is 0 Å². The van der Waals surface area contributed by atoms with Gasteiger partial charge in [-0.1, -0.05) is 0 Å². The fourth-order valence-corrected chi connectivity index (χ4v) is 1.20. The van der Waals surface area contributed by atoms with E-state index in [1.807, 2.05) is 19.9 Å². The normalized spacial score (nSPS) is 12.9. The Labute approximate surface area is 70.4 Å². The van der Waals surface area contributed by atoms with Gasteiger partial charge in [0, 0.05) is 11.4 Å². The summed E-state index contributed by atoms with van der Waals surface area (Å²) in [5.74, 6) is -1.01. The number of rotatable bonds is 2. The van der Waals surface area contributed by atoms with Crippen molar-refractivity contribution in [2.45, 2.75) is 19.9 Å². The Balaban J connectivity index is 3.02. The average Bonchev–Trinajstić information content (AvgIpc) is 2.28. The monoisotopic (exact) mass is 168 g/mol. The van der Waals surface area contributed by atoms with Crippen LogP contribution < -0.4 is 5.73 Å². The Bertz CT molecular complexity index is 304. The SMILES string of the molecule is Cc1cc(C)c(C(N)C(=O)O)[nH]1. The van der Waals surface area contributed by atoms with Crippen LogP contribution in [0.4, 0.5) is 0 Å². The molecule has 0 aromatic carbocycles. The van der Waals surface area contributed by atoms with Crippen molar-refractivity contribution in [3.8, 4) is 0 Å². The molecule has 0 spiro atoms. The minimum absolute atomic E-state index is 0.583. The van der Waals surface area contributed by atoms with Gasteiger partial charge >= 0.3 is 5.97 Å². The van der Waals surface area contributed by atoms with E-state index in [2.05, 4.69) is 4.98 Å². The summed E-state index contributed by atoms with van der Waals surface area (Å²) >= 11 is 0. The molecule has 0 amide bonds. The van der Waals surface area contributed by atoms with Gasteiger partial charge in [-0.3, -0.25) is 4.79 Å². The lowest BCUT2D eigenvalue weighted by Crippen LogP contribution is -2.21. The predicted octanol–water partition coefficient (Wildman–Crippen LogP) is 0.716. The van der Waals surface area contributed by atoms with E-state index >= 15 is 0 Å². The standard InChI is InChI=1S/C8H12N2O2/c1-4-3-5(2)10-7(4)6(9)8(11)12/h3,6,10H,9H2,1-2H3,(H,11,12). The molecule has 0 radical (unpaired) electrons. The molecule has 1 aromatic rings. The van der Waals surface area contributed by atoms with Crippen molar-refractivity contribution in [3.63, 3.8) is 0 Å². The van der Waals surface area contributed by atoms with Crippen LogP contribution >= 0.6 is 0 Å². The van der Waals surface area contributed by atoms with E-state index in [0.29, 0.717) is 5.69 Å². The number of hydrogen-bond acceptors (Lipinski definition) is 2. The fraction of sp³-hybridized carbons (Fsp3) is 0.375.